The number of allylic oxidation sites excluding steroid dienone is 2. The molecule has 4 nitrogen and oxygen atoms in total. The van der Waals surface area contributed by atoms with Crippen LogP contribution in [-0.2, 0) is 4.74 Å². The average Bonchev–Trinajstić information content (AvgIpc) is 2.08. The number of ether oxygens (including phenoxy) is 1. The molecule has 90 valence electrons. The number of rotatable bonds is 5. The van der Waals surface area contributed by atoms with Crippen molar-refractivity contribution in [1.82, 2.24) is 5.43 Å². The van der Waals surface area contributed by atoms with Gasteiger partial charge in [-0.25, -0.2) is 4.99 Å². The van der Waals surface area contributed by atoms with Crippen molar-refractivity contribution in [2.75, 3.05) is 0 Å². The summed E-state index contributed by atoms with van der Waals surface area (Å²) < 4.78 is 5.43. The molecule has 0 aliphatic carbocycles. The topological polar surface area (TPSA) is 59.6 Å². The van der Waals surface area contributed by atoms with Gasteiger partial charge in [-0.15, -0.1) is 0 Å². The van der Waals surface area contributed by atoms with Gasteiger partial charge in [0.15, 0.2) is 0 Å². The minimum absolute atomic E-state index is 0.269. The Labute approximate surface area is 101 Å². The van der Waals surface area contributed by atoms with Crippen molar-refractivity contribution < 1.29 is 4.74 Å². The number of hydrogen-bond acceptors (Lipinski definition) is 4. The summed E-state index contributed by atoms with van der Waals surface area (Å²) in [4.78, 5) is 4.09. The van der Waals surface area contributed by atoms with E-state index < -0.39 is 0 Å². The van der Waals surface area contributed by atoms with Crippen molar-refractivity contribution >= 4 is 17.3 Å². The van der Waals surface area contributed by atoms with Gasteiger partial charge < -0.3 is 10.2 Å². The molecular formula is C11H18ClN3O. The van der Waals surface area contributed by atoms with Crippen molar-refractivity contribution in [3.63, 3.8) is 0 Å². The molecule has 0 aliphatic rings. The van der Waals surface area contributed by atoms with Gasteiger partial charge in [-0.2, -0.15) is 0 Å². The Hall–Kier alpha value is -1.26. The quantitative estimate of drug-likeness (QED) is 0.338. The van der Waals surface area contributed by atoms with Crippen LogP contribution in [0.5, 0.6) is 0 Å². The van der Waals surface area contributed by atoms with Gasteiger partial charge in [-0.1, -0.05) is 18.2 Å². The highest BCUT2D eigenvalue weighted by Crippen LogP contribution is 2.14. The van der Waals surface area contributed by atoms with Crippen LogP contribution >= 0.6 is 11.6 Å². The molecule has 0 spiro atoms. The fourth-order valence-corrected chi connectivity index (χ4v) is 0.931. The molecular weight excluding hydrogens is 226 g/mol. The molecule has 0 aromatic rings. The Morgan fingerprint density at radius 2 is 2.00 bits per heavy atom. The molecule has 0 aromatic heterocycles. The first-order chi connectivity index (χ1) is 7.26. The van der Waals surface area contributed by atoms with Gasteiger partial charge >= 0.3 is 0 Å². The van der Waals surface area contributed by atoms with E-state index in [1.807, 2.05) is 20.8 Å². The summed E-state index contributed by atoms with van der Waals surface area (Å²) >= 11 is 5.75. The largest absolute Gasteiger partial charge is 0.472 e. The van der Waals surface area contributed by atoms with E-state index in [4.69, 9.17) is 22.2 Å². The monoisotopic (exact) mass is 243 g/mol. The molecule has 0 rings (SSSR count). The van der Waals surface area contributed by atoms with Crippen molar-refractivity contribution in [1.29, 1.82) is 0 Å². The number of hydrogen-bond donors (Lipinski definition) is 2. The normalized spacial score (nSPS) is 12.7. The van der Waals surface area contributed by atoms with Gasteiger partial charge in [0.2, 0.25) is 5.88 Å². The lowest BCUT2D eigenvalue weighted by atomic mass is 10.2. The summed E-state index contributed by atoms with van der Waals surface area (Å²) in [5, 5.41) is 0.283. The molecule has 5 heteroatoms. The maximum atomic E-state index is 5.75. The molecule has 0 unspecified atom stereocenters. The van der Waals surface area contributed by atoms with Crippen LogP contribution in [0.25, 0.3) is 0 Å². The number of nitrogens with one attached hydrogen (secondary N) is 1. The second-order valence-corrected chi connectivity index (χ2v) is 4.47. The first-order valence-corrected chi connectivity index (χ1v) is 5.08. The molecule has 0 fully saturated rings. The van der Waals surface area contributed by atoms with Gasteiger partial charge in [0, 0.05) is 6.20 Å². The van der Waals surface area contributed by atoms with Gasteiger partial charge in [0.1, 0.15) is 5.60 Å². The predicted octanol–water partition coefficient (Wildman–Crippen LogP) is 2.44. The fraction of sp³-hybridized carbons (Fsp3) is 0.364. The molecule has 0 amide bonds. The molecule has 0 saturated heterocycles. The third-order valence-corrected chi connectivity index (χ3v) is 1.48. The molecule has 0 radical (unpaired) electrons. The maximum absolute atomic E-state index is 5.75. The Morgan fingerprint density at radius 3 is 2.38 bits per heavy atom. The van der Waals surface area contributed by atoms with E-state index in [0.29, 0.717) is 5.71 Å². The van der Waals surface area contributed by atoms with Crippen molar-refractivity contribution in [2.24, 2.45) is 10.8 Å². The third-order valence-electron chi connectivity index (χ3n) is 1.28. The molecule has 16 heavy (non-hydrogen) atoms. The Kier molecular flexibility index (Phi) is 5.85. The average molecular weight is 244 g/mol. The number of hydrazine groups is 1. The molecule has 0 aromatic carbocycles. The number of nitrogens with zero attached hydrogens (tertiary/aromatic N) is 1. The van der Waals surface area contributed by atoms with Crippen LogP contribution < -0.4 is 11.3 Å². The summed E-state index contributed by atoms with van der Waals surface area (Å²) in [5.41, 5.74) is 2.43. The lowest BCUT2D eigenvalue weighted by Gasteiger charge is -2.20. The lowest BCUT2D eigenvalue weighted by Crippen LogP contribution is -2.18. The standard InChI is InChI=1S/C11H18ClN3O/c1-8(12)10(6-7-14-13)15-9(2)16-11(3,4)5/h6-7,14H,1-2,13H2,3-5H3. The second kappa shape index (κ2) is 6.35. The lowest BCUT2D eigenvalue weighted by molar-refractivity contribution is 0.0522. The second-order valence-electron chi connectivity index (χ2n) is 4.01. The molecule has 0 saturated carbocycles. The minimum Gasteiger partial charge on any atom is -0.472 e. The van der Waals surface area contributed by atoms with E-state index in [1.165, 1.54) is 6.20 Å². The Balaban J connectivity index is 4.74. The maximum Gasteiger partial charge on any atom is 0.206 e. The molecule has 3 N–H and O–H groups in total. The molecule has 0 heterocycles. The van der Waals surface area contributed by atoms with E-state index >= 15 is 0 Å². The van der Waals surface area contributed by atoms with Gasteiger partial charge in [-0.3, -0.25) is 5.84 Å². The fourth-order valence-electron chi connectivity index (χ4n) is 0.826. The van der Waals surface area contributed by atoms with Crippen LogP contribution in [0.3, 0.4) is 0 Å². The first kappa shape index (κ1) is 14.7. The van der Waals surface area contributed by atoms with Crippen molar-refractivity contribution in [2.45, 2.75) is 26.4 Å². The summed E-state index contributed by atoms with van der Waals surface area (Å²) in [5.74, 6) is 5.36. The van der Waals surface area contributed by atoms with Crippen LogP contribution in [0.1, 0.15) is 20.8 Å². The Bertz CT molecular complexity index is 327. The predicted molar refractivity (Wildman–Crippen MR) is 68.9 cm³/mol. The summed E-state index contributed by atoms with van der Waals surface area (Å²) in [6.07, 6.45) is 3.06. The molecule has 0 bridgehead atoms. The highest BCUT2D eigenvalue weighted by molar-refractivity contribution is 6.45. The van der Waals surface area contributed by atoms with E-state index in [9.17, 15) is 0 Å². The van der Waals surface area contributed by atoms with Crippen molar-refractivity contribution in [3.8, 4) is 0 Å². The summed E-state index contributed by atoms with van der Waals surface area (Å²) in [6.45, 7) is 13.0. The van der Waals surface area contributed by atoms with Gasteiger partial charge in [0.05, 0.1) is 10.7 Å². The minimum atomic E-state index is -0.352. The smallest absolute Gasteiger partial charge is 0.206 e. The van der Waals surface area contributed by atoms with Crippen LogP contribution in [0.15, 0.2) is 41.3 Å². The SMILES string of the molecule is C=C(N=C(C=CNN)C(=C)Cl)OC(C)(C)C. The van der Waals surface area contributed by atoms with E-state index in [0.717, 1.165) is 0 Å². The zero-order chi connectivity index (χ0) is 12.8. The molecule has 0 aliphatic heterocycles. The zero-order valence-electron chi connectivity index (χ0n) is 9.88. The van der Waals surface area contributed by atoms with Crippen LogP contribution in [0.2, 0.25) is 0 Å². The highest BCUT2D eigenvalue weighted by Gasteiger charge is 2.12. The number of halogens is 1. The summed E-state index contributed by atoms with van der Waals surface area (Å²) in [6, 6.07) is 0. The van der Waals surface area contributed by atoms with Gasteiger partial charge in [0.25, 0.3) is 0 Å². The van der Waals surface area contributed by atoms with Crippen LogP contribution in [0.4, 0.5) is 0 Å². The van der Waals surface area contributed by atoms with Crippen LogP contribution in [0, 0.1) is 0 Å². The van der Waals surface area contributed by atoms with Crippen LogP contribution in [-0.4, -0.2) is 11.3 Å². The highest BCUT2D eigenvalue weighted by atomic mass is 35.5. The Morgan fingerprint density at radius 1 is 1.44 bits per heavy atom. The first-order valence-electron chi connectivity index (χ1n) is 4.70. The number of aliphatic imine (C=N–C) groups is 1. The molecule has 0 atom stereocenters. The number of nitrogens with two attached hydrogens (primary N) is 1. The van der Waals surface area contributed by atoms with E-state index in [2.05, 4.69) is 23.6 Å². The third kappa shape index (κ3) is 7.09. The van der Waals surface area contributed by atoms with Gasteiger partial charge in [-0.05, 0) is 33.4 Å². The van der Waals surface area contributed by atoms with E-state index in [1.54, 1.807) is 6.08 Å². The summed E-state index contributed by atoms with van der Waals surface area (Å²) in [7, 11) is 0. The zero-order valence-corrected chi connectivity index (χ0v) is 10.6. The van der Waals surface area contributed by atoms with Crippen molar-refractivity contribution in [3.05, 3.63) is 36.3 Å². The van der Waals surface area contributed by atoms with E-state index in [-0.39, 0.29) is 16.5 Å².